The maximum Gasteiger partial charge on any atom is 0.248 e. The number of guanidine groups is 1. The SMILES string of the molecule is CN=C(NCc1ccc(C(N)=O)cc1)NCC1CC1.I. The molecule has 1 fully saturated rings. The molecule has 1 saturated carbocycles. The molecule has 1 aromatic carbocycles. The monoisotopic (exact) mass is 388 g/mol. The molecule has 1 aliphatic rings. The quantitative estimate of drug-likeness (QED) is 0.406. The van der Waals surface area contributed by atoms with Gasteiger partial charge in [0.2, 0.25) is 5.91 Å². The highest BCUT2D eigenvalue weighted by Gasteiger charge is 2.20. The second kappa shape index (κ2) is 8.08. The van der Waals surface area contributed by atoms with Crippen molar-refractivity contribution in [3.63, 3.8) is 0 Å². The number of rotatable bonds is 5. The number of aliphatic imine (C=N–C) groups is 1. The number of amides is 1. The van der Waals surface area contributed by atoms with E-state index in [-0.39, 0.29) is 24.0 Å². The third-order valence-electron chi connectivity index (χ3n) is 3.18. The fourth-order valence-electron chi connectivity index (χ4n) is 1.76. The molecule has 1 amide bonds. The summed E-state index contributed by atoms with van der Waals surface area (Å²) < 4.78 is 0. The molecule has 5 nitrogen and oxygen atoms in total. The summed E-state index contributed by atoms with van der Waals surface area (Å²) in [5.41, 5.74) is 6.81. The van der Waals surface area contributed by atoms with E-state index in [9.17, 15) is 4.79 Å². The first-order valence-corrected chi connectivity index (χ1v) is 6.52. The molecule has 0 spiro atoms. The van der Waals surface area contributed by atoms with Crippen LogP contribution in [-0.2, 0) is 6.54 Å². The van der Waals surface area contributed by atoms with Gasteiger partial charge in [-0.3, -0.25) is 9.79 Å². The Labute approximate surface area is 136 Å². The van der Waals surface area contributed by atoms with Crippen molar-refractivity contribution < 1.29 is 4.79 Å². The molecule has 6 heteroatoms. The van der Waals surface area contributed by atoms with Gasteiger partial charge in [0.25, 0.3) is 0 Å². The predicted molar refractivity (Wildman–Crippen MR) is 91.3 cm³/mol. The topological polar surface area (TPSA) is 79.5 Å². The van der Waals surface area contributed by atoms with E-state index in [0.717, 1.165) is 24.0 Å². The van der Waals surface area contributed by atoms with E-state index in [4.69, 9.17) is 5.73 Å². The summed E-state index contributed by atoms with van der Waals surface area (Å²) in [6, 6.07) is 7.25. The molecule has 0 saturated heterocycles. The molecule has 4 N–H and O–H groups in total. The number of primary amides is 1. The van der Waals surface area contributed by atoms with Gasteiger partial charge in [-0.05, 0) is 36.5 Å². The van der Waals surface area contributed by atoms with Crippen LogP contribution in [0.5, 0.6) is 0 Å². The van der Waals surface area contributed by atoms with Crippen LogP contribution in [0.1, 0.15) is 28.8 Å². The molecular formula is C14H21IN4O. The Kier molecular flexibility index (Phi) is 6.77. The van der Waals surface area contributed by atoms with Crippen LogP contribution < -0.4 is 16.4 Å². The number of carbonyl (C=O) groups excluding carboxylic acids is 1. The fraction of sp³-hybridized carbons (Fsp3) is 0.429. The number of nitrogens with one attached hydrogen (secondary N) is 2. The second-order valence-electron chi connectivity index (χ2n) is 4.81. The van der Waals surface area contributed by atoms with E-state index in [0.29, 0.717) is 12.1 Å². The number of benzene rings is 1. The van der Waals surface area contributed by atoms with Gasteiger partial charge in [-0.2, -0.15) is 0 Å². The summed E-state index contributed by atoms with van der Waals surface area (Å²) >= 11 is 0. The lowest BCUT2D eigenvalue weighted by atomic mass is 10.1. The first-order valence-electron chi connectivity index (χ1n) is 6.52. The Bertz CT molecular complexity index is 469. The minimum absolute atomic E-state index is 0. The van der Waals surface area contributed by atoms with Gasteiger partial charge in [0.15, 0.2) is 5.96 Å². The Morgan fingerprint density at radius 1 is 1.30 bits per heavy atom. The number of hydrogen-bond donors (Lipinski definition) is 3. The van der Waals surface area contributed by atoms with E-state index < -0.39 is 5.91 Å². The molecule has 0 unspecified atom stereocenters. The van der Waals surface area contributed by atoms with Crippen molar-refractivity contribution in [2.75, 3.05) is 13.6 Å². The average Bonchev–Trinajstić information content (AvgIpc) is 3.23. The molecule has 0 aliphatic heterocycles. The summed E-state index contributed by atoms with van der Waals surface area (Å²) in [6.45, 7) is 1.66. The van der Waals surface area contributed by atoms with Crippen LogP contribution in [0.25, 0.3) is 0 Å². The van der Waals surface area contributed by atoms with Gasteiger partial charge in [0, 0.05) is 25.7 Å². The predicted octanol–water partition coefficient (Wildman–Crippen LogP) is 1.48. The zero-order chi connectivity index (χ0) is 13.7. The largest absolute Gasteiger partial charge is 0.366 e. The van der Waals surface area contributed by atoms with Gasteiger partial charge < -0.3 is 16.4 Å². The van der Waals surface area contributed by atoms with Gasteiger partial charge in [0.1, 0.15) is 0 Å². The highest BCUT2D eigenvalue weighted by Crippen LogP contribution is 2.27. The van der Waals surface area contributed by atoms with E-state index in [1.807, 2.05) is 12.1 Å². The molecular weight excluding hydrogens is 367 g/mol. The Morgan fingerprint density at radius 3 is 2.45 bits per heavy atom. The summed E-state index contributed by atoms with van der Waals surface area (Å²) in [4.78, 5) is 15.1. The lowest BCUT2D eigenvalue weighted by molar-refractivity contribution is 0.100. The third kappa shape index (κ3) is 5.36. The Balaban J connectivity index is 0.00000200. The fourth-order valence-corrected chi connectivity index (χ4v) is 1.76. The second-order valence-corrected chi connectivity index (χ2v) is 4.81. The van der Waals surface area contributed by atoms with E-state index in [1.54, 1.807) is 19.2 Å². The Hall–Kier alpha value is -1.31. The van der Waals surface area contributed by atoms with Crippen molar-refractivity contribution in [2.45, 2.75) is 19.4 Å². The van der Waals surface area contributed by atoms with Gasteiger partial charge in [-0.25, -0.2) is 0 Å². The van der Waals surface area contributed by atoms with Gasteiger partial charge in [0.05, 0.1) is 0 Å². The molecule has 0 radical (unpaired) electrons. The summed E-state index contributed by atoms with van der Waals surface area (Å²) in [5.74, 6) is 1.22. The molecule has 110 valence electrons. The molecule has 0 atom stereocenters. The van der Waals surface area contributed by atoms with Crippen LogP contribution in [0, 0.1) is 5.92 Å². The van der Waals surface area contributed by atoms with E-state index >= 15 is 0 Å². The summed E-state index contributed by atoms with van der Waals surface area (Å²) in [7, 11) is 1.76. The summed E-state index contributed by atoms with van der Waals surface area (Å²) in [6.07, 6.45) is 2.64. The highest BCUT2D eigenvalue weighted by molar-refractivity contribution is 14.0. The van der Waals surface area contributed by atoms with E-state index in [1.165, 1.54) is 12.8 Å². The number of carbonyl (C=O) groups is 1. The normalized spacial score (nSPS) is 14.3. The number of halogens is 1. The molecule has 1 aliphatic carbocycles. The number of hydrogen-bond acceptors (Lipinski definition) is 2. The Morgan fingerprint density at radius 2 is 1.95 bits per heavy atom. The lowest BCUT2D eigenvalue weighted by Crippen LogP contribution is -2.37. The lowest BCUT2D eigenvalue weighted by Gasteiger charge is -2.11. The standard InChI is InChI=1S/C14H20N4O.HI/c1-16-14(17-8-10-2-3-10)18-9-11-4-6-12(7-5-11)13(15)19;/h4-7,10H,2-3,8-9H2,1H3,(H2,15,19)(H2,16,17,18);1H. The average molecular weight is 388 g/mol. The zero-order valence-corrected chi connectivity index (χ0v) is 13.9. The van der Waals surface area contributed by atoms with Crippen molar-refractivity contribution in [3.8, 4) is 0 Å². The van der Waals surface area contributed by atoms with Crippen molar-refractivity contribution in [1.29, 1.82) is 0 Å². The van der Waals surface area contributed by atoms with Crippen LogP contribution >= 0.6 is 24.0 Å². The first kappa shape index (κ1) is 16.7. The van der Waals surface area contributed by atoms with Crippen molar-refractivity contribution >= 4 is 35.8 Å². The first-order chi connectivity index (χ1) is 9.19. The molecule has 2 rings (SSSR count). The summed E-state index contributed by atoms with van der Waals surface area (Å²) in [5, 5.41) is 6.54. The van der Waals surface area contributed by atoms with E-state index in [2.05, 4.69) is 15.6 Å². The van der Waals surface area contributed by atoms with Crippen LogP contribution in [-0.4, -0.2) is 25.5 Å². The van der Waals surface area contributed by atoms with Crippen molar-refractivity contribution in [1.82, 2.24) is 10.6 Å². The number of nitrogens with zero attached hydrogens (tertiary/aromatic N) is 1. The van der Waals surface area contributed by atoms with Crippen LogP contribution in [0.3, 0.4) is 0 Å². The maximum absolute atomic E-state index is 11.0. The van der Waals surface area contributed by atoms with Gasteiger partial charge in [-0.1, -0.05) is 12.1 Å². The van der Waals surface area contributed by atoms with Gasteiger partial charge >= 0.3 is 0 Å². The smallest absolute Gasteiger partial charge is 0.248 e. The minimum atomic E-state index is -0.401. The molecule has 0 heterocycles. The van der Waals surface area contributed by atoms with Crippen LogP contribution in [0.2, 0.25) is 0 Å². The van der Waals surface area contributed by atoms with Crippen LogP contribution in [0.4, 0.5) is 0 Å². The highest BCUT2D eigenvalue weighted by atomic mass is 127. The molecule has 20 heavy (non-hydrogen) atoms. The molecule has 0 aromatic heterocycles. The van der Waals surface area contributed by atoms with Crippen LogP contribution in [0.15, 0.2) is 29.3 Å². The van der Waals surface area contributed by atoms with Crippen molar-refractivity contribution in [3.05, 3.63) is 35.4 Å². The molecule has 0 bridgehead atoms. The van der Waals surface area contributed by atoms with Gasteiger partial charge in [-0.15, -0.1) is 24.0 Å². The molecule has 1 aromatic rings. The number of nitrogens with two attached hydrogens (primary N) is 1. The van der Waals surface area contributed by atoms with Crippen molar-refractivity contribution in [2.24, 2.45) is 16.6 Å². The maximum atomic E-state index is 11.0. The zero-order valence-electron chi connectivity index (χ0n) is 11.6. The minimum Gasteiger partial charge on any atom is -0.366 e. The third-order valence-corrected chi connectivity index (χ3v) is 3.18.